The number of rotatable bonds is 2. The molecule has 0 aromatic rings. The second kappa shape index (κ2) is 4.88. The summed E-state index contributed by atoms with van der Waals surface area (Å²) in [5.74, 6) is 2.51. The fraction of sp³-hybridized carbons (Fsp3) is 0.700. The van der Waals surface area contributed by atoms with Gasteiger partial charge in [-0.05, 0) is 26.3 Å². The van der Waals surface area contributed by atoms with E-state index in [2.05, 4.69) is 16.6 Å². The predicted octanol–water partition coefficient (Wildman–Crippen LogP) is 0.266. The smallest absolute Gasteiger partial charge is 0.238 e. The van der Waals surface area contributed by atoms with Gasteiger partial charge in [-0.1, -0.05) is 12.3 Å². The van der Waals surface area contributed by atoms with Gasteiger partial charge in [0.25, 0.3) is 0 Å². The zero-order valence-electron chi connectivity index (χ0n) is 7.97. The Morgan fingerprint density at radius 3 is 3.00 bits per heavy atom. The lowest BCUT2D eigenvalue weighted by Gasteiger charge is -2.23. The van der Waals surface area contributed by atoms with E-state index in [0.29, 0.717) is 0 Å². The fourth-order valence-corrected chi connectivity index (χ4v) is 1.43. The minimum absolute atomic E-state index is 0.0325. The van der Waals surface area contributed by atoms with Crippen LogP contribution in [0.2, 0.25) is 0 Å². The zero-order chi connectivity index (χ0) is 9.68. The molecular weight excluding hydrogens is 164 g/mol. The summed E-state index contributed by atoms with van der Waals surface area (Å²) >= 11 is 0. The number of carbonyl (C=O) groups excluding carboxylic acids is 1. The molecule has 0 aliphatic carbocycles. The lowest BCUT2D eigenvalue weighted by molar-refractivity contribution is -0.123. The number of amides is 1. The Hall–Kier alpha value is -1.01. The van der Waals surface area contributed by atoms with E-state index in [1.54, 1.807) is 6.92 Å². The van der Waals surface area contributed by atoms with Crippen molar-refractivity contribution in [2.45, 2.75) is 38.3 Å². The number of carbonyl (C=O) groups is 1. The van der Waals surface area contributed by atoms with Gasteiger partial charge in [0, 0.05) is 0 Å². The van der Waals surface area contributed by atoms with Gasteiger partial charge in [-0.3, -0.25) is 4.79 Å². The number of hydrogen-bond acceptors (Lipinski definition) is 2. The van der Waals surface area contributed by atoms with E-state index in [9.17, 15) is 4.79 Å². The normalized spacial score (nSPS) is 24.5. The van der Waals surface area contributed by atoms with Gasteiger partial charge < -0.3 is 10.6 Å². The minimum atomic E-state index is -0.170. The van der Waals surface area contributed by atoms with Crippen molar-refractivity contribution >= 4 is 5.91 Å². The van der Waals surface area contributed by atoms with Gasteiger partial charge in [-0.25, -0.2) is 0 Å². The quantitative estimate of drug-likeness (QED) is 0.599. The van der Waals surface area contributed by atoms with Crippen molar-refractivity contribution in [3.05, 3.63) is 0 Å². The monoisotopic (exact) mass is 180 g/mol. The molecule has 0 spiro atoms. The molecule has 0 radical (unpaired) electrons. The molecule has 1 amide bonds. The van der Waals surface area contributed by atoms with Crippen molar-refractivity contribution in [3.63, 3.8) is 0 Å². The molecular formula is C10H16N2O. The van der Waals surface area contributed by atoms with Crippen LogP contribution in [-0.2, 0) is 4.79 Å². The maximum absolute atomic E-state index is 11.5. The summed E-state index contributed by atoms with van der Waals surface area (Å²) in [4.78, 5) is 11.5. The third-order valence-corrected chi connectivity index (χ3v) is 2.24. The highest BCUT2D eigenvalue weighted by Gasteiger charge is 2.20. The molecule has 1 rings (SSSR count). The van der Waals surface area contributed by atoms with Crippen molar-refractivity contribution in [2.75, 3.05) is 6.54 Å². The van der Waals surface area contributed by atoms with Crippen LogP contribution >= 0.6 is 0 Å². The highest BCUT2D eigenvalue weighted by Crippen LogP contribution is 2.06. The molecule has 1 unspecified atom stereocenters. The maximum Gasteiger partial charge on any atom is 0.238 e. The Kier molecular flexibility index (Phi) is 3.78. The third kappa shape index (κ3) is 3.08. The summed E-state index contributed by atoms with van der Waals surface area (Å²) in [7, 11) is 0. The van der Waals surface area contributed by atoms with Crippen LogP contribution in [-0.4, -0.2) is 24.5 Å². The number of piperidine rings is 1. The van der Waals surface area contributed by atoms with E-state index in [4.69, 9.17) is 6.42 Å². The van der Waals surface area contributed by atoms with Crippen molar-refractivity contribution in [1.29, 1.82) is 0 Å². The highest BCUT2D eigenvalue weighted by atomic mass is 16.2. The number of terminal acetylenes is 1. The van der Waals surface area contributed by atoms with E-state index >= 15 is 0 Å². The lowest BCUT2D eigenvalue weighted by Crippen LogP contribution is -2.48. The Labute approximate surface area is 79.3 Å². The maximum atomic E-state index is 11.5. The van der Waals surface area contributed by atoms with Gasteiger partial charge in [0.15, 0.2) is 0 Å². The first kappa shape index (κ1) is 10.1. The van der Waals surface area contributed by atoms with Gasteiger partial charge in [0.05, 0.1) is 12.1 Å². The molecule has 2 N–H and O–H groups in total. The van der Waals surface area contributed by atoms with Crippen LogP contribution < -0.4 is 10.6 Å². The van der Waals surface area contributed by atoms with Crippen molar-refractivity contribution in [1.82, 2.24) is 10.6 Å². The van der Waals surface area contributed by atoms with Crippen LogP contribution in [0.5, 0.6) is 0 Å². The molecule has 1 fully saturated rings. The average Bonchev–Trinajstić information content (AvgIpc) is 2.19. The van der Waals surface area contributed by atoms with Gasteiger partial charge in [0.1, 0.15) is 0 Å². The van der Waals surface area contributed by atoms with E-state index in [1.165, 1.54) is 0 Å². The summed E-state index contributed by atoms with van der Waals surface area (Å²) in [5, 5.41) is 5.93. The van der Waals surface area contributed by atoms with Crippen LogP contribution in [0.3, 0.4) is 0 Å². The SMILES string of the molecule is C#CC(C)NC(=O)[C@H]1CCCCN1. The third-order valence-electron chi connectivity index (χ3n) is 2.24. The first-order valence-corrected chi connectivity index (χ1v) is 4.74. The summed E-state index contributed by atoms with van der Waals surface area (Å²) in [6, 6.07) is -0.208. The Bertz CT molecular complexity index is 213. The minimum Gasteiger partial charge on any atom is -0.341 e. The molecule has 0 bridgehead atoms. The fourth-order valence-electron chi connectivity index (χ4n) is 1.43. The van der Waals surface area contributed by atoms with Gasteiger partial charge in [-0.15, -0.1) is 6.42 Å². The molecule has 0 aromatic heterocycles. The molecule has 1 saturated heterocycles. The molecule has 1 aliphatic heterocycles. The summed E-state index contributed by atoms with van der Waals surface area (Å²) in [5.41, 5.74) is 0. The van der Waals surface area contributed by atoms with Crippen LogP contribution in [0.1, 0.15) is 26.2 Å². The first-order valence-electron chi connectivity index (χ1n) is 4.74. The van der Waals surface area contributed by atoms with E-state index < -0.39 is 0 Å². The zero-order valence-corrected chi connectivity index (χ0v) is 7.97. The largest absolute Gasteiger partial charge is 0.341 e. The van der Waals surface area contributed by atoms with Crippen molar-refractivity contribution < 1.29 is 4.79 Å². The number of nitrogens with one attached hydrogen (secondary N) is 2. The summed E-state index contributed by atoms with van der Waals surface area (Å²) < 4.78 is 0. The van der Waals surface area contributed by atoms with Gasteiger partial charge in [-0.2, -0.15) is 0 Å². The summed E-state index contributed by atoms with van der Waals surface area (Å²) in [6.07, 6.45) is 8.37. The van der Waals surface area contributed by atoms with Crippen molar-refractivity contribution in [3.8, 4) is 12.3 Å². The molecule has 1 aliphatic rings. The molecule has 72 valence electrons. The van der Waals surface area contributed by atoms with Gasteiger partial charge >= 0.3 is 0 Å². The Morgan fingerprint density at radius 1 is 1.69 bits per heavy atom. The molecule has 3 nitrogen and oxygen atoms in total. The van der Waals surface area contributed by atoms with Crippen LogP contribution in [0.25, 0.3) is 0 Å². The first-order chi connectivity index (χ1) is 6.24. The predicted molar refractivity (Wildman–Crippen MR) is 52.1 cm³/mol. The molecule has 13 heavy (non-hydrogen) atoms. The Morgan fingerprint density at radius 2 is 2.46 bits per heavy atom. The standard InChI is InChI=1S/C10H16N2O/c1-3-8(2)12-10(13)9-6-4-5-7-11-9/h1,8-9,11H,4-7H2,2H3,(H,12,13)/t8?,9-/m1/s1. The number of hydrogen-bond donors (Lipinski definition) is 2. The highest BCUT2D eigenvalue weighted by molar-refractivity contribution is 5.82. The second-order valence-corrected chi connectivity index (χ2v) is 3.40. The average molecular weight is 180 g/mol. The van der Waals surface area contributed by atoms with Crippen molar-refractivity contribution in [2.24, 2.45) is 0 Å². The molecule has 1 heterocycles. The van der Waals surface area contributed by atoms with E-state index in [1.807, 2.05) is 0 Å². The molecule has 3 heteroatoms. The molecule has 2 atom stereocenters. The molecule has 0 aromatic carbocycles. The Balaban J connectivity index is 2.34. The summed E-state index contributed by atoms with van der Waals surface area (Å²) in [6.45, 7) is 2.74. The van der Waals surface area contributed by atoms with E-state index in [0.717, 1.165) is 25.8 Å². The van der Waals surface area contributed by atoms with Crippen LogP contribution in [0, 0.1) is 12.3 Å². The lowest BCUT2D eigenvalue weighted by atomic mass is 10.0. The topological polar surface area (TPSA) is 41.1 Å². The second-order valence-electron chi connectivity index (χ2n) is 3.40. The van der Waals surface area contributed by atoms with Crippen LogP contribution in [0.4, 0.5) is 0 Å². The van der Waals surface area contributed by atoms with Crippen LogP contribution in [0.15, 0.2) is 0 Å². The molecule has 0 saturated carbocycles. The van der Waals surface area contributed by atoms with E-state index in [-0.39, 0.29) is 18.0 Å². The van der Waals surface area contributed by atoms with Gasteiger partial charge in [0.2, 0.25) is 5.91 Å².